The van der Waals surface area contributed by atoms with Gasteiger partial charge >= 0.3 is 6.36 Å². The van der Waals surface area contributed by atoms with Crippen LogP contribution in [0.2, 0.25) is 0 Å². The summed E-state index contributed by atoms with van der Waals surface area (Å²) >= 11 is 0. The largest absolute Gasteiger partial charge is 0.573 e. The van der Waals surface area contributed by atoms with Gasteiger partial charge in [-0.25, -0.2) is 0 Å². The minimum absolute atomic E-state index is 0.123. The van der Waals surface area contributed by atoms with Crippen LogP contribution in [0.1, 0.15) is 115 Å². The summed E-state index contributed by atoms with van der Waals surface area (Å²) in [4.78, 5) is 0. The summed E-state index contributed by atoms with van der Waals surface area (Å²) < 4.78 is 41.0. The first-order chi connectivity index (χ1) is 14.9. The average molecular weight is 439 g/mol. The van der Waals surface area contributed by atoms with Gasteiger partial charge in [-0.15, -0.1) is 13.2 Å². The molecule has 0 spiro atoms. The van der Waals surface area contributed by atoms with Gasteiger partial charge in [0.05, 0.1) is 0 Å². The lowest BCUT2D eigenvalue weighted by Gasteiger charge is -2.38. The second kappa shape index (κ2) is 12.2. The van der Waals surface area contributed by atoms with E-state index in [1.807, 2.05) is 12.1 Å². The van der Waals surface area contributed by atoms with Crippen LogP contribution in [0.5, 0.6) is 5.75 Å². The number of hydrogen-bond donors (Lipinski definition) is 0. The van der Waals surface area contributed by atoms with Crippen LogP contribution in [-0.2, 0) is 0 Å². The van der Waals surface area contributed by atoms with E-state index in [4.69, 9.17) is 0 Å². The quantitative estimate of drug-likeness (QED) is 0.331. The lowest BCUT2D eigenvalue weighted by Crippen LogP contribution is -2.25. The molecule has 1 aromatic rings. The Labute approximate surface area is 187 Å². The Kier molecular flexibility index (Phi) is 9.59. The van der Waals surface area contributed by atoms with Crippen LogP contribution < -0.4 is 4.74 Å². The molecule has 0 heterocycles. The molecule has 1 aromatic carbocycles. The van der Waals surface area contributed by atoms with Gasteiger partial charge in [0.25, 0.3) is 0 Å². The summed E-state index contributed by atoms with van der Waals surface area (Å²) in [5.74, 6) is 3.10. The van der Waals surface area contributed by atoms with E-state index in [2.05, 4.69) is 11.7 Å². The van der Waals surface area contributed by atoms with E-state index in [0.29, 0.717) is 5.92 Å². The second-order valence-electron chi connectivity index (χ2n) is 10.1. The summed E-state index contributed by atoms with van der Waals surface area (Å²) in [6.45, 7) is 2.28. The van der Waals surface area contributed by atoms with Crippen LogP contribution in [0, 0.1) is 17.8 Å². The fourth-order valence-corrected chi connectivity index (χ4v) is 6.03. The van der Waals surface area contributed by atoms with Crippen LogP contribution in [0.3, 0.4) is 0 Å². The second-order valence-corrected chi connectivity index (χ2v) is 10.1. The van der Waals surface area contributed by atoms with E-state index in [-0.39, 0.29) is 5.75 Å². The van der Waals surface area contributed by atoms with E-state index < -0.39 is 6.36 Å². The number of ether oxygens (including phenoxy) is 1. The molecule has 0 unspecified atom stereocenters. The number of hydrogen-bond acceptors (Lipinski definition) is 1. The highest BCUT2D eigenvalue weighted by Gasteiger charge is 2.32. The molecule has 2 fully saturated rings. The molecule has 4 heteroatoms. The predicted molar refractivity (Wildman–Crippen MR) is 121 cm³/mol. The van der Waals surface area contributed by atoms with Gasteiger partial charge in [0.2, 0.25) is 0 Å². The van der Waals surface area contributed by atoms with Crippen LogP contribution >= 0.6 is 0 Å². The molecule has 2 aliphatic rings. The number of unbranched alkanes of at least 4 members (excludes halogenated alkanes) is 5. The third-order valence-electron chi connectivity index (χ3n) is 7.88. The third-order valence-corrected chi connectivity index (χ3v) is 7.88. The van der Waals surface area contributed by atoms with Crippen molar-refractivity contribution in [1.82, 2.24) is 0 Å². The van der Waals surface area contributed by atoms with Gasteiger partial charge in [0.15, 0.2) is 0 Å². The molecule has 0 aliphatic heterocycles. The van der Waals surface area contributed by atoms with Gasteiger partial charge in [-0.05, 0) is 79.9 Å². The molecule has 2 aliphatic carbocycles. The van der Waals surface area contributed by atoms with Crippen LogP contribution in [0.25, 0.3) is 0 Å². The maximum atomic E-state index is 12.3. The fourth-order valence-electron chi connectivity index (χ4n) is 6.03. The molecule has 176 valence electrons. The highest BCUT2D eigenvalue weighted by Crippen LogP contribution is 2.44. The number of rotatable bonds is 10. The van der Waals surface area contributed by atoms with Crippen molar-refractivity contribution in [1.29, 1.82) is 0 Å². The van der Waals surface area contributed by atoms with Crippen molar-refractivity contribution in [3.63, 3.8) is 0 Å². The normalized spacial score (nSPS) is 27.2. The number of alkyl halides is 3. The molecule has 0 radical (unpaired) electrons. The van der Waals surface area contributed by atoms with Crippen molar-refractivity contribution in [2.24, 2.45) is 17.8 Å². The van der Waals surface area contributed by atoms with Crippen LogP contribution in [0.4, 0.5) is 13.2 Å². The van der Waals surface area contributed by atoms with Gasteiger partial charge in [0, 0.05) is 0 Å². The first-order valence-corrected chi connectivity index (χ1v) is 12.8. The molecule has 0 aromatic heterocycles. The Morgan fingerprint density at radius 2 is 1.29 bits per heavy atom. The Bertz CT molecular complexity index is 608. The van der Waals surface area contributed by atoms with Crippen molar-refractivity contribution in [2.75, 3.05) is 0 Å². The van der Waals surface area contributed by atoms with Gasteiger partial charge in [-0.2, -0.15) is 0 Å². The molecule has 2 saturated carbocycles. The number of benzene rings is 1. The molecule has 1 nitrogen and oxygen atoms in total. The average Bonchev–Trinajstić information content (AvgIpc) is 2.76. The maximum Gasteiger partial charge on any atom is 0.573 e. The van der Waals surface area contributed by atoms with Gasteiger partial charge in [-0.1, -0.05) is 76.8 Å². The summed E-state index contributed by atoms with van der Waals surface area (Å²) in [6, 6.07) is 6.55. The lowest BCUT2D eigenvalue weighted by molar-refractivity contribution is -0.274. The van der Waals surface area contributed by atoms with E-state index in [1.165, 1.54) is 108 Å². The molecular weight excluding hydrogens is 397 g/mol. The molecule has 0 N–H and O–H groups in total. The molecule has 31 heavy (non-hydrogen) atoms. The van der Waals surface area contributed by atoms with E-state index in [9.17, 15) is 13.2 Å². The van der Waals surface area contributed by atoms with Crippen molar-refractivity contribution < 1.29 is 17.9 Å². The standard InChI is InChI=1S/C27H41F3O/c1-2-3-4-5-6-7-8-21-9-11-22(12-10-21)23-13-15-24(16-14-23)25-17-19-26(20-18-25)31-27(28,29)30/h17-24H,2-16H2,1H3. The van der Waals surface area contributed by atoms with Crippen LogP contribution in [0.15, 0.2) is 24.3 Å². The van der Waals surface area contributed by atoms with Crippen molar-refractivity contribution >= 4 is 0 Å². The van der Waals surface area contributed by atoms with E-state index in [1.54, 1.807) is 0 Å². The fraction of sp³-hybridized carbons (Fsp3) is 0.778. The molecule has 0 amide bonds. The van der Waals surface area contributed by atoms with Gasteiger partial charge < -0.3 is 4.74 Å². The minimum atomic E-state index is -4.62. The summed E-state index contributed by atoms with van der Waals surface area (Å²) in [6.07, 6.45) is 15.8. The Morgan fingerprint density at radius 1 is 0.742 bits per heavy atom. The minimum Gasteiger partial charge on any atom is -0.406 e. The van der Waals surface area contributed by atoms with Gasteiger partial charge in [-0.3, -0.25) is 0 Å². The molecule has 0 atom stereocenters. The van der Waals surface area contributed by atoms with Crippen molar-refractivity contribution in [2.45, 2.75) is 116 Å². The van der Waals surface area contributed by atoms with Gasteiger partial charge in [0.1, 0.15) is 5.75 Å². The third kappa shape index (κ3) is 8.35. The summed E-state index contributed by atoms with van der Waals surface area (Å²) in [5, 5.41) is 0. The monoisotopic (exact) mass is 438 g/mol. The first kappa shape index (κ1) is 24.5. The van der Waals surface area contributed by atoms with Crippen molar-refractivity contribution in [3.8, 4) is 5.75 Å². The molecule has 3 rings (SSSR count). The highest BCUT2D eigenvalue weighted by molar-refractivity contribution is 5.29. The topological polar surface area (TPSA) is 9.23 Å². The molecule has 0 bridgehead atoms. The number of halogens is 3. The Hall–Kier alpha value is -1.19. The molecule has 0 saturated heterocycles. The Morgan fingerprint density at radius 3 is 1.87 bits per heavy atom. The van der Waals surface area contributed by atoms with Crippen LogP contribution in [-0.4, -0.2) is 6.36 Å². The SMILES string of the molecule is CCCCCCCCC1CCC(C2CCC(c3ccc(OC(F)(F)F)cc3)CC2)CC1. The smallest absolute Gasteiger partial charge is 0.406 e. The van der Waals surface area contributed by atoms with E-state index in [0.717, 1.165) is 23.3 Å². The predicted octanol–water partition coefficient (Wildman–Crippen LogP) is 9.42. The zero-order chi connectivity index (χ0) is 22.1. The van der Waals surface area contributed by atoms with E-state index >= 15 is 0 Å². The molecular formula is C27H41F3O. The Balaban J connectivity index is 1.33. The summed E-state index contributed by atoms with van der Waals surface area (Å²) in [7, 11) is 0. The zero-order valence-corrected chi connectivity index (χ0v) is 19.3. The zero-order valence-electron chi connectivity index (χ0n) is 19.3. The highest BCUT2D eigenvalue weighted by atomic mass is 19.4. The lowest BCUT2D eigenvalue weighted by atomic mass is 9.68. The van der Waals surface area contributed by atoms with Crippen molar-refractivity contribution in [3.05, 3.63) is 29.8 Å². The summed E-state index contributed by atoms with van der Waals surface area (Å²) in [5.41, 5.74) is 1.16. The maximum absolute atomic E-state index is 12.3. The first-order valence-electron chi connectivity index (χ1n) is 12.8.